The van der Waals surface area contributed by atoms with Gasteiger partial charge in [-0.25, -0.2) is 0 Å². The van der Waals surface area contributed by atoms with Crippen molar-refractivity contribution >= 4 is 17.9 Å². The lowest BCUT2D eigenvalue weighted by Crippen LogP contribution is -2.30. The zero-order valence-electron chi connectivity index (χ0n) is 51.7. The molecule has 1 unspecified atom stereocenters. The largest absolute Gasteiger partial charge is 0.462 e. The number of hydrogen-bond donors (Lipinski definition) is 0. The fraction of sp³-hybridized carbons (Fsp3) is 0.764. The maximum absolute atomic E-state index is 12.9. The lowest BCUT2D eigenvalue weighted by Gasteiger charge is -2.18. The Balaban J connectivity index is 4.24. The van der Waals surface area contributed by atoms with E-state index >= 15 is 0 Å². The van der Waals surface area contributed by atoms with Gasteiger partial charge in [-0.2, -0.15) is 0 Å². The minimum absolute atomic E-state index is 0.0818. The van der Waals surface area contributed by atoms with Crippen molar-refractivity contribution in [2.24, 2.45) is 0 Å². The third-order valence-corrected chi connectivity index (χ3v) is 14.6. The van der Waals surface area contributed by atoms with Gasteiger partial charge in [0.2, 0.25) is 0 Å². The fourth-order valence-corrected chi connectivity index (χ4v) is 9.52. The summed E-state index contributed by atoms with van der Waals surface area (Å²) < 4.78 is 16.9. The maximum atomic E-state index is 12.9. The molecular weight excluding hydrogens is 961 g/mol. The van der Waals surface area contributed by atoms with Gasteiger partial charge < -0.3 is 14.2 Å². The highest BCUT2D eigenvalue weighted by Crippen LogP contribution is 2.16. The quantitative estimate of drug-likeness (QED) is 0.0261. The molecule has 0 aromatic rings. The zero-order chi connectivity index (χ0) is 56.4. The molecule has 6 heteroatoms. The number of esters is 3. The van der Waals surface area contributed by atoms with E-state index in [1.165, 1.54) is 199 Å². The third kappa shape index (κ3) is 63.4. The molecule has 0 bridgehead atoms. The van der Waals surface area contributed by atoms with Crippen LogP contribution in [-0.2, 0) is 28.6 Å². The van der Waals surface area contributed by atoms with Crippen molar-refractivity contribution in [2.45, 2.75) is 341 Å². The molecular formula is C72H126O6. The first kappa shape index (κ1) is 74.6. The SMILES string of the molecule is CCC/C=C\CCCCCCCC(=O)OCC(COC(=O)CCCCCCCCCCCC/C=C\C/C=C\C/C=C\CCCCCCC)OC(=O)CCCCCCCCCCCC/C=C\C/C=C\C/C=C\CCCCCCC. The molecule has 0 saturated heterocycles. The van der Waals surface area contributed by atoms with Gasteiger partial charge in [-0.05, 0) is 116 Å². The van der Waals surface area contributed by atoms with Crippen LogP contribution in [0, 0.1) is 0 Å². The lowest BCUT2D eigenvalue weighted by molar-refractivity contribution is -0.167. The van der Waals surface area contributed by atoms with Crippen LogP contribution in [0.4, 0.5) is 0 Å². The van der Waals surface area contributed by atoms with E-state index in [0.717, 1.165) is 96.3 Å². The molecule has 6 nitrogen and oxygen atoms in total. The van der Waals surface area contributed by atoms with Gasteiger partial charge in [-0.15, -0.1) is 0 Å². The normalized spacial score (nSPS) is 12.6. The molecule has 0 spiro atoms. The van der Waals surface area contributed by atoms with Crippen molar-refractivity contribution in [1.29, 1.82) is 0 Å². The van der Waals surface area contributed by atoms with Gasteiger partial charge in [-0.1, -0.05) is 286 Å². The zero-order valence-corrected chi connectivity index (χ0v) is 51.7. The smallest absolute Gasteiger partial charge is 0.306 e. The monoisotopic (exact) mass is 1090 g/mol. The van der Waals surface area contributed by atoms with Crippen LogP contribution in [0.2, 0.25) is 0 Å². The molecule has 0 saturated carbocycles. The standard InChI is InChI=1S/C72H126O6/c1-4-7-10-13-16-19-22-24-26-28-30-32-34-36-38-40-42-44-46-48-50-53-56-59-62-65-71(74)77-68-69(67-76-70(73)64-61-58-55-52-21-18-15-12-9-6-3)78-72(75)66-63-60-57-54-51-49-47-45-43-41-39-37-35-33-31-29-27-25-23-20-17-14-11-8-5-2/h12,15,22-25,28-31,34-37,69H,4-11,13-14,16-21,26-27,32-33,38-68H2,1-3H3/b15-12-,24-22-,25-23-,30-28-,31-29-,36-34-,37-35-. The Morgan fingerprint density at radius 3 is 0.782 bits per heavy atom. The van der Waals surface area contributed by atoms with Crippen LogP contribution in [0.15, 0.2) is 85.1 Å². The van der Waals surface area contributed by atoms with Gasteiger partial charge in [-0.3, -0.25) is 14.4 Å². The highest BCUT2D eigenvalue weighted by Gasteiger charge is 2.19. The van der Waals surface area contributed by atoms with E-state index in [2.05, 4.69) is 106 Å². The van der Waals surface area contributed by atoms with Crippen LogP contribution < -0.4 is 0 Å². The Morgan fingerprint density at radius 2 is 0.487 bits per heavy atom. The number of hydrogen-bond acceptors (Lipinski definition) is 6. The van der Waals surface area contributed by atoms with Gasteiger partial charge in [0.15, 0.2) is 6.10 Å². The Labute approximate surface area is 484 Å². The predicted molar refractivity (Wildman–Crippen MR) is 339 cm³/mol. The highest BCUT2D eigenvalue weighted by atomic mass is 16.6. The number of carbonyl (C=O) groups excluding carboxylic acids is 3. The Morgan fingerprint density at radius 1 is 0.256 bits per heavy atom. The van der Waals surface area contributed by atoms with Gasteiger partial charge in [0.25, 0.3) is 0 Å². The van der Waals surface area contributed by atoms with Crippen molar-refractivity contribution in [1.82, 2.24) is 0 Å². The van der Waals surface area contributed by atoms with Crippen LogP contribution in [-0.4, -0.2) is 37.2 Å². The molecule has 1 atom stereocenters. The fourth-order valence-electron chi connectivity index (χ4n) is 9.52. The Kier molecular flexibility index (Phi) is 63.2. The molecule has 0 aliphatic rings. The number of carbonyl (C=O) groups is 3. The van der Waals surface area contributed by atoms with Crippen LogP contribution >= 0.6 is 0 Å². The second-order valence-electron chi connectivity index (χ2n) is 22.4. The summed E-state index contributed by atoms with van der Waals surface area (Å²) in [4.78, 5) is 38.3. The van der Waals surface area contributed by atoms with Crippen molar-refractivity contribution in [3.63, 3.8) is 0 Å². The number of unbranched alkanes of at least 4 members (excludes halogenated alkanes) is 36. The van der Waals surface area contributed by atoms with E-state index in [0.29, 0.717) is 19.3 Å². The molecule has 78 heavy (non-hydrogen) atoms. The molecule has 0 heterocycles. The van der Waals surface area contributed by atoms with Crippen LogP contribution in [0.25, 0.3) is 0 Å². The van der Waals surface area contributed by atoms with Crippen molar-refractivity contribution in [2.75, 3.05) is 13.2 Å². The second kappa shape index (κ2) is 66.1. The summed E-state index contributed by atoms with van der Waals surface area (Å²) in [5.74, 6) is -0.888. The van der Waals surface area contributed by atoms with E-state index in [9.17, 15) is 14.4 Å². The molecule has 0 radical (unpaired) electrons. The number of rotatable bonds is 61. The molecule has 0 N–H and O–H groups in total. The molecule has 0 amide bonds. The number of allylic oxidation sites excluding steroid dienone is 14. The molecule has 0 rings (SSSR count). The molecule has 0 aliphatic carbocycles. The molecule has 0 aromatic heterocycles. The third-order valence-electron chi connectivity index (χ3n) is 14.6. The van der Waals surface area contributed by atoms with Crippen LogP contribution in [0.5, 0.6) is 0 Å². The minimum Gasteiger partial charge on any atom is -0.462 e. The molecule has 0 fully saturated rings. The summed E-state index contributed by atoms with van der Waals surface area (Å²) in [6.07, 6.45) is 87.5. The average molecular weight is 1090 g/mol. The first-order valence-corrected chi connectivity index (χ1v) is 33.6. The van der Waals surface area contributed by atoms with Crippen molar-refractivity contribution in [3.05, 3.63) is 85.1 Å². The topological polar surface area (TPSA) is 78.9 Å². The second-order valence-corrected chi connectivity index (χ2v) is 22.4. The summed E-state index contributed by atoms with van der Waals surface area (Å²) in [5.41, 5.74) is 0. The Hall–Kier alpha value is -3.41. The van der Waals surface area contributed by atoms with E-state index < -0.39 is 6.10 Å². The summed E-state index contributed by atoms with van der Waals surface area (Å²) in [6, 6.07) is 0. The van der Waals surface area contributed by atoms with Gasteiger partial charge in [0.1, 0.15) is 13.2 Å². The van der Waals surface area contributed by atoms with E-state index in [1.54, 1.807) is 0 Å². The van der Waals surface area contributed by atoms with Crippen molar-refractivity contribution in [3.8, 4) is 0 Å². The minimum atomic E-state index is -0.785. The summed E-state index contributed by atoms with van der Waals surface area (Å²) in [7, 11) is 0. The van der Waals surface area contributed by atoms with Crippen molar-refractivity contribution < 1.29 is 28.6 Å². The Bertz CT molecular complexity index is 1480. The van der Waals surface area contributed by atoms with Crippen LogP contribution in [0.1, 0.15) is 335 Å². The molecule has 0 aromatic carbocycles. The summed E-state index contributed by atoms with van der Waals surface area (Å²) in [6.45, 7) is 6.57. The van der Waals surface area contributed by atoms with E-state index in [-0.39, 0.29) is 31.1 Å². The average Bonchev–Trinajstić information content (AvgIpc) is 3.44. The van der Waals surface area contributed by atoms with Gasteiger partial charge in [0, 0.05) is 19.3 Å². The first-order valence-electron chi connectivity index (χ1n) is 33.6. The summed E-state index contributed by atoms with van der Waals surface area (Å²) in [5, 5.41) is 0. The first-order chi connectivity index (χ1) is 38.5. The highest BCUT2D eigenvalue weighted by molar-refractivity contribution is 5.71. The summed E-state index contributed by atoms with van der Waals surface area (Å²) >= 11 is 0. The van der Waals surface area contributed by atoms with Gasteiger partial charge >= 0.3 is 17.9 Å². The van der Waals surface area contributed by atoms with Gasteiger partial charge in [0.05, 0.1) is 0 Å². The molecule has 0 aliphatic heterocycles. The van der Waals surface area contributed by atoms with E-state index in [4.69, 9.17) is 14.2 Å². The van der Waals surface area contributed by atoms with Crippen LogP contribution in [0.3, 0.4) is 0 Å². The van der Waals surface area contributed by atoms with E-state index in [1.807, 2.05) is 0 Å². The lowest BCUT2D eigenvalue weighted by atomic mass is 10.0. The number of ether oxygens (including phenoxy) is 3. The maximum Gasteiger partial charge on any atom is 0.306 e. The molecule has 450 valence electrons. The predicted octanol–water partition coefficient (Wildman–Crippen LogP) is 23.1.